The zero-order valence-corrected chi connectivity index (χ0v) is 26.5. The molecule has 0 spiro atoms. The van der Waals surface area contributed by atoms with Crippen molar-refractivity contribution in [2.24, 2.45) is 0 Å². The van der Waals surface area contributed by atoms with Gasteiger partial charge in [0, 0.05) is 22.2 Å². The molecular formula is C39H47N. The van der Waals surface area contributed by atoms with Crippen LogP contribution in [0.4, 0.5) is 11.4 Å². The van der Waals surface area contributed by atoms with Gasteiger partial charge in [0.2, 0.25) is 0 Å². The maximum absolute atomic E-state index is 2.66. The molecule has 0 saturated carbocycles. The van der Waals surface area contributed by atoms with Gasteiger partial charge in [0.05, 0.1) is 5.69 Å². The Balaban J connectivity index is 1.92. The molecule has 0 N–H and O–H groups in total. The number of nitrogens with zero attached hydrogens (tertiary/aromatic N) is 1. The van der Waals surface area contributed by atoms with Crippen molar-refractivity contribution in [3.63, 3.8) is 0 Å². The summed E-state index contributed by atoms with van der Waals surface area (Å²) in [7, 11) is 0. The van der Waals surface area contributed by atoms with Crippen molar-refractivity contribution in [2.45, 2.75) is 97.9 Å². The molecule has 0 aromatic heterocycles. The van der Waals surface area contributed by atoms with Crippen molar-refractivity contribution >= 4 is 11.4 Å². The third kappa shape index (κ3) is 4.58. The third-order valence-corrected chi connectivity index (χ3v) is 8.51. The maximum atomic E-state index is 2.66. The van der Waals surface area contributed by atoms with Gasteiger partial charge < -0.3 is 4.90 Å². The van der Waals surface area contributed by atoms with Gasteiger partial charge in [-0.25, -0.2) is 0 Å². The van der Waals surface area contributed by atoms with Gasteiger partial charge >= 0.3 is 0 Å². The number of anilines is 2. The maximum Gasteiger partial charge on any atom is 0.0533 e. The van der Waals surface area contributed by atoms with E-state index in [1.165, 1.54) is 55.9 Å². The number of benzene rings is 4. The van der Waals surface area contributed by atoms with E-state index in [4.69, 9.17) is 0 Å². The molecule has 4 aromatic rings. The molecule has 1 heteroatoms. The van der Waals surface area contributed by atoms with Crippen LogP contribution in [0, 0.1) is 0 Å². The number of hydrogen-bond acceptors (Lipinski definition) is 1. The average molecular weight is 530 g/mol. The highest BCUT2D eigenvalue weighted by atomic mass is 15.2. The van der Waals surface area contributed by atoms with Gasteiger partial charge in [-0.3, -0.25) is 0 Å². The molecule has 40 heavy (non-hydrogen) atoms. The molecule has 0 amide bonds. The third-order valence-electron chi connectivity index (χ3n) is 8.51. The molecule has 4 aromatic carbocycles. The second-order valence-corrected chi connectivity index (χ2v) is 15.1. The molecule has 0 atom stereocenters. The van der Waals surface area contributed by atoms with Gasteiger partial charge in [-0.1, -0.05) is 134 Å². The van der Waals surface area contributed by atoms with Crippen LogP contribution in [-0.4, -0.2) is 5.54 Å². The summed E-state index contributed by atoms with van der Waals surface area (Å²) < 4.78 is 0. The van der Waals surface area contributed by atoms with Crippen LogP contribution in [0.15, 0.2) is 84.9 Å². The molecule has 0 saturated heterocycles. The van der Waals surface area contributed by atoms with Crippen LogP contribution in [-0.2, 0) is 16.2 Å². The van der Waals surface area contributed by atoms with Gasteiger partial charge in [-0.2, -0.15) is 0 Å². The summed E-state index contributed by atoms with van der Waals surface area (Å²) in [5.74, 6) is 0. The quantitative estimate of drug-likeness (QED) is 0.255. The normalized spacial score (nSPS) is 14.6. The van der Waals surface area contributed by atoms with E-state index in [9.17, 15) is 0 Å². The second-order valence-electron chi connectivity index (χ2n) is 15.1. The first-order chi connectivity index (χ1) is 18.5. The zero-order chi connectivity index (χ0) is 29.3. The summed E-state index contributed by atoms with van der Waals surface area (Å²) in [6, 6.07) is 31.6. The minimum absolute atomic E-state index is 0.0300. The van der Waals surface area contributed by atoms with E-state index in [1.54, 1.807) is 0 Å². The predicted octanol–water partition coefficient (Wildman–Crippen LogP) is 11.2. The summed E-state index contributed by atoms with van der Waals surface area (Å²) in [6.07, 6.45) is 0. The van der Waals surface area contributed by atoms with E-state index in [0.717, 1.165) is 0 Å². The van der Waals surface area contributed by atoms with Gasteiger partial charge in [0.1, 0.15) is 0 Å². The van der Waals surface area contributed by atoms with Gasteiger partial charge in [-0.15, -0.1) is 0 Å². The van der Waals surface area contributed by atoms with E-state index in [-0.39, 0.29) is 21.8 Å². The lowest BCUT2D eigenvalue weighted by molar-refractivity contribution is 0.524. The molecule has 0 bridgehead atoms. The Hall–Kier alpha value is -3.32. The zero-order valence-electron chi connectivity index (χ0n) is 26.5. The fourth-order valence-electron chi connectivity index (χ4n) is 6.87. The fourth-order valence-corrected chi connectivity index (χ4v) is 6.87. The molecule has 1 aliphatic carbocycles. The molecule has 0 radical (unpaired) electrons. The first kappa shape index (κ1) is 28.2. The molecular weight excluding hydrogens is 482 g/mol. The van der Waals surface area contributed by atoms with E-state index < -0.39 is 0 Å². The number of para-hydroxylation sites is 1. The SMILES string of the molecule is CC(C)(C)c1cccc(-c2ccccc2)c1N(c1ccc2c(c1C(C)(C)C)C(C)(C)c1ccccc1-2)C(C)(C)C. The van der Waals surface area contributed by atoms with Gasteiger partial charge in [0.25, 0.3) is 0 Å². The highest BCUT2D eigenvalue weighted by Crippen LogP contribution is 2.56. The molecule has 0 unspecified atom stereocenters. The lowest BCUT2D eigenvalue weighted by Gasteiger charge is -2.45. The average Bonchev–Trinajstić information content (AvgIpc) is 3.09. The predicted molar refractivity (Wildman–Crippen MR) is 175 cm³/mol. The first-order valence-electron chi connectivity index (χ1n) is 14.8. The highest BCUT2D eigenvalue weighted by Gasteiger charge is 2.43. The second kappa shape index (κ2) is 9.37. The summed E-state index contributed by atoms with van der Waals surface area (Å²) in [5, 5.41) is 0. The lowest BCUT2D eigenvalue weighted by Crippen LogP contribution is -2.41. The van der Waals surface area contributed by atoms with Crippen LogP contribution in [0.25, 0.3) is 22.3 Å². The largest absolute Gasteiger partial charge is 0.335 e. The molecule has 5 rings (SSSR count). The number of fused-ring (bicyclic) bond motifs is 3. The fraction of sp³-hybridized carbons (Fsp3) is 0.385. The van der Waals surface area contributed by atoms with Crippen molar-refractivity contribution in [1.29, 1.82) is 0 Å². The van der Waals surface area contributed by atoms with E-state index in [0.29, 0.717) is 0 Å². The van der Waals surface area contributed by atoms with Crippen LogP contribution in [0.3, 0.4) is 0 Å². The standard InChI is InChI=1S/C39H47N/c1-36(2,3)31-23-17-21-27(26-18-13-12-14-19-26)35(31)40(38(7,8)9)32-25-24-29-28-20-15-16-22-30(28)39(10,11)33(29)34(32)37(4,5)6/h12-25H,1-11H3. The summed E-state index contributed by atoms with van der Waals surface area (Å²) >= 11 is 0. The molecule has 0 heterocycles. The summed E-state index contributed by atoms with van der Waals surface area (Å²) in [4.78, 5) is 2.66. The lowest BCUT2D eigenvalue weighted by atomic mass is 9.72. The van der Waals surface area contributed by atoms with Crippen molar-refractivity contribution in [1.82, 2.24) is 0 Å². The molecule has 0 aliphatic heterocycles. The first-order valence-corrected chi connectivity index (χ1v) is 14.8. The number of rotatable bonds is 3. The van der Waals surface area contributed by atoms with E-state index in [2.05, 4.69) is 166 Å². The number of hydrogen-bond donors (Lipinski definition) is 0. The summed E-state index contributed by atoms with van der Waals surface area (Å²) in [6.45, 7) is 26.1. The topological polar surface area (TPSA) is 3.24 Å². The van der Waals surface area contributed by atoms with Crippen molar-refractivity contribution in [2.75, 3.05) is 4.90 Å². The Morgan fingerprint density at radius 3 is 1.75 bits per heavy atom. The minimum Gasteiger partial charge on any atom is -0.335 e. The molecule has 208 valence electrons. The van der Waals surface area contributed by atoms with Crippen molar-refractivity contribution < 1.29 is 0 Å². The Labute approximate surface area is 243 Å². The van der Waals surface area contributed by atoms with Crippen LogP contribution in [0.1, 0.15) is 98.4 Å². The van der Waals surface area contributed by atoms with E-state index >= 15 is 0 Å². The van der Waals surface area contributed by atoms with Crippen LogP contribution in [0.2, 0.25) is 0 Å². The van der Waals surface area contributed by atoms with E-state index in [1.807, 2.05) is 0 Å². The Morgan fingerprint density at radius 1 is 0.550 bits per heavy atom. The highest BCUT2D eigenvalue weighted by molar-refractivity contribution is 5.91. The Morgan fingerprint density at radius 2 is 1.15 bits per heavy atom. The van der Waals surface area contributed by atoms with Crippen molar-refractivity contribution in [3.8, 4) is 22.3 Å². The molecule has 0 fully saturated rings. The molecule has 1 nitrogen and oxygen atoms in total. The minimum atomic E-state index is -0.172. The smallest absolute Gasteiger partial charge is 0.0533 e. The summed E-state index contributed by atoms with van der Waals surface area (Å²) in [5.41, 5.74) is 13.3. The molecule has 1 aliphatic rings. The van der Waals surface area contributed by atoms with Crippen LogP contribution >= 0.6 is 0 Å². The van der Waals surface area contributed by atoms with Gasteiger partial charge in [0.15, 0.2) is 0 Å². The Bertz CT molecular complexity index is 1550. The van der Waals surface area contributed by atoms with Gasteiger partial charge in [-0.05, 0) is 76.6 Å². The monoisotopic (exact) mass is 529 g/mol. The Kier molecular flexibility index (Phi) is 6.61. The van der Waals surface area contributed by atoms with Crippen LogP contribution in [0.5, 0.6) is 0 Å². The van der Waals surface area contributed by atoms with Crippen LogP contribution < -0.4 is 4.90 Å². The van der Waals surface area contributed by atoms with Crippen molar-refractivity contribution in [3.05, 3.63) is 107 Å².